The number of likely N-dealkylation sites (tertiary alicyclic amines) is 1. The zero-order valence-corrected chi connectivity index (χ0v) is 17.4. The minimum absolute atomic E-state index is 0.282. The molecule has 2 fully saturated rings. The predicted molar refractivity (Wildman–Crippen MR) is 116 cm³/mol. The van der Waals surface area contributed by atoms with E-state index in [1.54, 1.807) is 18.2 Å². The quantitative estimate of drug-likeness (QED) is 0.759. The van der Waals surface area contributed by atoms with E-state index in [0.717, 1.165) is 17.4 Å². The largest absolute Gasteiger partial charge is 0.497 e. The first-order valence-corrected chi connectivity index (χ1v) is 10.9. The number of hydrogen-bond donors (Lipinski definition) is 1. The highest BCUT2D eigenvalue weighted by Gasteiger charge is 2.49. The monoisotopic (exact) mass is 376 g/mol. The van der Waals surface area contributed by atoms with Crippen molar-refractivity contribution in [3.8, 4) is 5.75 Å². The maximum atomic E-state index is 5.36. The van der Waals surface area contributed by atoms with E-state index in [9.17, 15) is 0 Å². The average molecular weight is 377 g/mol. The molecule has 3 nitrogen and oxygen atoms in total. The lowest BCUT2D eigenvalue weighted by atomic mass is 9.59. The first kappa shape index (κ1) is 18.1. The van der Waals surface area contributed by atoms with E-state index in [2.05, 4.69) is 54.4 Å². The molecule has 1 saturated heterocycles. The van der Waals surface area contributed by atoms with Gasteiger partial charge in [0.25, 0.3) is 0 Å². The van der Waals surface area contributed by atoms with E-state index in [0.29, 0.717) is 12.0 Å². The fraction of sp³-hybridized carbons (Fsp3) is 0.520. The Hall–Kier alpha value is -2.00. The number of nitrogens with one attached hydrogen (secondary N) is 1. The van der Waals surface area contributed by atoms with Crippen LogP contribution in [0.15, 0.2) is 42.5 Å². The molecule has 5 rings (SSSR count). The number of piperidine rings is 1. The molecule has 2 bridgehead atoms. The Labute approximate surface area is 169 Å². The topological polar surface area (TPSA) is 24.5 Å². The highest BCUT2D eigenvalue weighted by molar-refractivity contribution is 5.63. The summed E-state index contributed by atoms with van der Waals surface area (Å²) < 4.78 is 5.36. The minimum atomic E-state index is 0.282. The molecule has 1 N–H and O–H groups in total. The highest BCUT2D eigenvalue weighted by atomic mass is 16.5. The third-order valence-electron chi connectivity index (χ3n) is 7.67. The van der Waals surface area contributed by atoms with E-state index in [1.165, 1.54) is 44.5 Å². The standard InChI is InChI=1S/C25H32N2O/c1-17-24-13-19-9-10-21(26-20-5-4-6-22(14-20)28-3)15-23(19)25(17,2)11-12-27(24)16-18-7-8-18/h4-6,9-10,14-15,17-18,24,26H,7-8,11-13,16H2,1-3H3/t17-,24+,25+/m0/s1. The van der Waals surface area contributed by atoms with Crippen molar-refractivity contribution in [2.45, 2.75) is 51.0 Å². The van der Waals surface area contributed by atoms with Gasteiger partial charge in [-0.05, 0) is 84.9 Å². The molecule has 2 aromatic carbocycles. The van der Waals surface area contributed by atoms with Crippen LogP contribution in [-0.2, 0) is 11.8 Å². The van der Waals surface area contributed by atoms with Crippen molar-refractivity contribution >= 4 is 11.4 Å². The summed E-state index contributed by atoms with van der Waals surface area (Å²) in [6.45, 7) is 7.59. The minimum Gasteiger partial charge on any atom is -0.497 e. The van der Waals surface area contributed by atoms with E-state index < -0.39 is 0 Å². The van der Waals surface area contributed by atoms with Gasteiger partial charge in [0.15, 0.2) is 0 Å². The first-order chi connectivity index (χ1) is 13.6. The molecule has 1 aliphatic heterocycles. The summed E-state index contributed by atoms with van der Waals surface area (Å²) in [5, 5.41) is 3.59. The van der Waals surface area contributed by atoms with Crippen molar-refractivity contribution in [1.29, 1.82) is 0 Å². The molecule has 0 aromatic heterocycles. The summed E-state index contributed by atoms with van der Waals surface area (Å²) in [6.07, 6.45) is 5.38. The molecule has 28 heavy (non-hydrogen) atoms. The summed E-state index contributed by atoms with van der Waals surface area (Å²) in [6, 6.07) is 15.9. The number of fused-ring (bicyclic) bond motifs is 4. The van der Waals surface area contributed by atoms with Gasteiger partial charge in [-0.25, -0.2) is 0 Å². The van der Waals surface area contributed by atoms with Gasteiger partial charge in [0.2, 0.25) is 0 Å². The number of benzene rings is 2. The molecule has 148 valence electrons. The van der Waals surface area contributed by atoms with Crippen LogP contribution in [0.2, 0.25) is 0 Å². The first-order valence-electron chi connectivity index (χ1n) is 10.9. The predicted octanol–water partition coefficient (Wildman–Crippen LogP) is 5.37. The van der Waals surface area contributed by atoms with Crippen LogP contribution in [0.4, 0.5) is 11.4 Å². The van der Waals surface area contributed by atoms with Crippen molar-refractivity contribution < 1.29 is 4.74 Å². The van der Waals surface area contributed by atoms with Crippen LogP contribution in [0.25, 0.3) is 0 Å². The van der Waals surface area contributed by atoms with Gasteiger partial charge in [-0.1, -0.05) is 26.0 Å². The second kappa shape index (κ2) is 6.81. The SMILES string of the molecule is COc1cccc(Nc2ccc3c(c2)[C@]2(C)CCN(CC4CC4)[C@H](C3)[C@@H]2C)c1. The lowest BCUT2D eigenvalue weighted by Crippen LogP contribution is -2.58. The zero-order valence-electron chi connectivity index (χ0n) is 17.4. The number of rotatable bonds is 5. The number of hydrogen-bond acceptors (Lipinski definition) is 3. The van der Waals surface area contributed by atoms with Gasteiger partial charge in [0, 0.05) is 30.0 Å². The Morgan fingerprint density at radius 1 is 1.14 bits per heavy atom. The van der Waals surface area contributed by atoms with Crippen LogP contribution in [-0.4, -0.2) is 31.1 Å². The maximum absolute atomic E-state index is 5.36. The second-order valence-corrected chi connectivity index (χ2v) is 9.39. The van der Waals surface area contributed by atoms with Crippen LogP contribution in [0.1, 0.15) is 44.2 Å². The smallest absolute Gasteiger partial charge is 0.120 e. The molecule has 2 aliphatic carbocycles. The Morgan fingerprint density at radius 3 is 2.75 bits per heavy atom. The van der Waals surface area contributed by atoms with Crippen molar-refractivity contribution in [3.05, 3.63) is 53.6 Å². The van der Waals surface area contributed by atoms with Crippen LogP contribution in [0.3, 0.4) is 0 Å². The molecule has 3 atom stereocenters. The maximum Gasteiger partial charge on any atom is 0.120 e. The average Bonchev–Trinajstić information content (AvgIpc) is 3.52. The number of anilines is 2. The van der Waals surface area contributed by atoms with Crippen molar-refractivity contribution in [2.75, 3.05) is 25.5 Å². The van der Waals surface area contributed by atoms with E-state index >= 15 is 0 Å². The summed E-state index contributed by atoms with van der Waals surface area (Å²) in [5.41, 5.74) is 5.66. The molecular formula is C25H32N2O. The van der Waals surface area contributed by atoms with Crippen molar-refractivity contribution in [3.63, 3.8) is 0 Å². The van der Waals surface area contributed by atoms with Gasteiger partial charge < -0.3 is 10.1 Å². The van der Waals surface area contributed by atoms with Gasteiger partial charge in [0.1, 0.15) is 5.75 Å². The Kier molecular flexibility index (Phi) is 4.39. The van der Waals surface area contributed by atoms with Gasteiger partial charge in [-0.3, -0.25) is 4.90 Å². The van der Waals surface area contributed by atoms with Crippen molar-refractivity contribution in [1.82, 2.24) is 4.90 Å². The fourth-order valence-electron chi connectivity index (χ4n) is 5.51. The summed E-state index contributed by atoms with van der Waals surface area (Å²) >= 11 is 0. The molecule has 2 aromatic rings. The van der Waals surface area contributed by atoms with E-state index in [4.69, 9.17) is 4.74 Å². The number of ether oxygens (including phenoxy) is 1. The molecule has 0 amide bonds. The van der Waals surface area contributed by atoms with E-state index in [-0.39, 0.29) is 5.41 Å². The van der Waals surface area contributed by atoms with Gasteiger partial charge in [-0.15, -0.1) is 0 Å². The molecule has 0 radical (unpaired) electrons. The second-order valence-electron chi connectivity index (χ2n) is 9.39. The molecule has 1 heterocycles. The third-order valence-corrected chi connectivity index (χ3v) is 7.67. The molecule has 0 spiro atoms. The lowest BCUT2D eigenvalue weighted by molar-refractivity contribution is 0.0284. The third kappa shape index (κ3) is 3.10. The van der Waals surface area contributed by atoms with Gasteiger partial charge >= 0.3 is 0 Å². The molecule has 1 saturated carbocycles. The molecule has 0 unspecified atom stereocenters. The van der Waals surface area contributed by atoms with Gasteiger partial charge in [-0.2, -0.15) is 0 Å². The van der Waals surface area contributed by atoms with Crippen LogP contribution in [0.5, 0.6) is 5.75 Å². The zero-order chi connectivity index (χ0) is 19.3. The van der Waals surface area contributed by atoms with Crippen LogP contribution in [0, 0.1) is 11.8 Å². The highest BCUT2D eigenvalue weighted by Crippen LogP contribution is 2.50. The van der Waals surface area contributed by atoms with Crippen LogP contribution < -0.4 is 10.1 Å². The lowest BCUT2D eigenvalue weighted by Gasteiger charge is -2.55. The van der Waals surface area contributed by atoms with Crippen molar-refractivity contribution in [2.24, 2.45) is 11.8 Å². The summed E-state index contributed by atoms with van der Waals surface area (Å²) in [5.74, 6) is 2.57. The number of methoxy groups -OCH3 is 1. The van der Waals surface area contributed by atoms with Gasteiger partial charge in [0.05, 0.1) is 7.11 Å². The molecular weight excluding hydrogens is 344 g/mol. The van der Waals surface area contributed by atoms with E-state index in [1.807, 2.05) is 12.1 Å². The summed E-state index contributed by atoms with van der Waals surface area (Å²) in [4.78, 5) is 2.81. The van der Waals surface area contributed by atoms with Crippen LogP contribution >= 0.6 is 0 Å². The Balaban J connectivity index is 1.43. The molecule has 3 heteroatoms. The number of nitrogens with zero attached hydrogens (tertiary/aromatic N) is 1. The Morgan fingerprint density at radius 2 is 1.96 bits per heavy atom. The fourth-order valence-corrected chi connectivity index (χ4v) is 5.51. The molecule has 3 aliphatic rings. The Bertz CT molecular complexity index is 875. The normalized spacial score (nSPS) is 29.2. The summed E-state index contributed by atoms with van der Waals surface area (Å²) in [7, 11) is 1.71.